The Morgan fingerprint density at radius 3 is 2.54 bits per heavy atom. The summed E-state index contributed by atoms with van der Waals surface area (Å²) in [4.78, 5) is 5.57. The molecule has 0 fully saturated rings. The van der Waals surface area contributed by atoms with E-state index in [4.69, 9.17) is 0 Å². The fraction of sp³-hybridized carbons (Fsp3) is 0.300. The van der Waals surface area contributed by atoms with Crippen molar-refractivity contribution in [1.82, 2.24) is 4.98 Å². The normalized spacial score (nSPS) is 10.5. The number of rotatable bonds is 3. The third-order valence-electron chi connectivity index (χ3n) is 1.61. The van der Waals surface area contributed by atoms with Gasteiger partial charge >= 0.3 is 0 Å². The topological polar surface area (TPSA) is 12.9 Å². The summed E-state index contributed by atoms with van der Waals surface area (Å²) < 4.78 is 0.825. The van der Waals surface area contributed by atoms with Crippen LogP contribution in [0, 0.1) is 0 Å². The van der Waals surface area contributed by atoms with Gasteiger partial charge in [-0.25, -0.2) is 4.98 Å². The molecule has 0 saturated carbocycles. The molecule has 0 bridgehead atoms. The second-order valence-corrected chi connectivity index (χ2v) is 5.05. The van der Waals surface area contributed by atoms with Crippen LogP contribution in [0.2, 0.25) is 0 Å². The molecule has 0 aliphatic carbocycles. The smallest absolute Gasteiger partial charge is 0.0964 e. The molecule has 0 saturated heterocycles. The van der Waals surface area contributed by atoms with E-state index in [9.17, 15) is 0 Å². The van der Waals surface area contributed by atoms with E-state index in [0.717, 1.165) is 20.1 Å². The monoisotopic (exact) mass is 257 g/mol. The van der Waals surface area contributed by atoms with Crippen LogP contribution in [-0.2, 0) is 0 Å². The van der Waals surface area contributed by atoms with Gasteiger partial charge in [-0.15, -0.1) is 11.3 Å². The van der Waals surface area contributed by atoms with Crippen molar-refractivity contribution in [2.75, 3.05) is 0 Å². The van der Waals surface area contributed by atoms with Crippen LogP contribution in [0.3, 0.4) is 0 Å². The van der Waals surface area contributed by atoms with Gasteiger partial charge in [-0.3, -0.25) is 0 Å². The van der Waals surface area contributed by atoms with Gasteiger partial charge in [0.15, 0.2) is 0 Å². The lowest BCUT2D eigenvalue weighted by Crippen LogP contribution is -1.85. The Kier molecular flexibility index (Phi) is 3.45. The highest BCUT2D eigenvalue weighted by Crippen LogP contribution is 2.31. The number of nitrogens with zero attached hydrogens (tertiary/aromatic N) is 1. The van der Waals surface area contributed by atoms with Crippen molar-refractivity contribution in [2.24, 2.45) is 0 Å². The lowest BCUT2D eigenvalue weighted by molar-refractivity contribution is 0.851. The molecule has 0 unspecified atom stereocenters. The van der Waals surface area contributed by atoms with Gasteiger partial charge in [0.25, 0.3) is 0 Å². The molecule has 0 aliphatic rings. The fourth-order valence-corrected chi connectivity index (χ4v) is 2.31. The van der Waals surface area contributed by atoms with E-state index in [1.807, 2.05) is 6.08 Å². The lowest BCUT2D eigenvalue weighted by atomic mass is 10.2. The lowest BCUT2D eigenvalue weighted by Gasteiger charge is -1.95. The molecule has 1 heterocycles. The standard InChI is InChI=1S/C10H12BrNS/c1-5-8-9(7(4)11)12-10(13-8)6(2)3/h5-6H,1,4H2,2-3H3. The van der Waals surface area contributed by atoms with E-state index in [0.29, 0.717) is 5.92 Å². The number of hydrogen-bond donors (Lipinski definition) is 0. The number of thiazole rings is 1. The van der Waals surface area contributed by atoms with Crippen molar-refractivity contribution < 1.29 is 0 Å². The van der Waals surface area contributed by atoms with Crippen molar-refractivity contribution in [2.45, 2.75) is 19.8 Å². The van der Waals surface area contributed by atoms with Crippen molar-refractivity contribution in [3.05, 3.63) is 28.7 Å². The molecule has 13 heavy (non-hydrogen) atoms. The van der Waals surface area contributed by atoms with E-state index >= 15 is 0 Å². The van der Waals surface area contributed by atoms with E-state index < -0.39 is 0 Å². The summed E-state index contributed by atoms with van der Waals surface area (Å²) in [6.45, 7) is 11.8. The van der Waals surface area contributed by atoms with Gasteiger partial charge in [0.05, 0.1) is 15.6 Å². The van der Waals surface area contributed by atoms with Crippen molar-refractivity contribution in [1.29, 1.82) is 0 Å². The molecule has 0 radical (unpaired) electrons. The summed E-state index contributed by atoms with van der Waals surface area (Å²) in [6.07, 6.45) is 1.82. The first kappa shape index (κ1) is 10.7. The fourth-order valence-electron chi connectivity index (χ4n) is 0.929. The van der Waals surface area contributed by atoms with E-state index in [-0.39, 0.29) is 0 Å². The molecule has 0 amide bonds. The van der Waals surface area contributed by atoms with Crippen LogP contribution < -0.4 is 0 Å². The first-order valence-corrected chi connectivity index (χ1v) is 5.65. The summed E-state index contributed by atoms with van der Waals surface area (Å²) >= 11 is 5.01. The first-order valence-electron chi connectivity index (χ1n) is 4.04. The molecule has 1 nitrogen and oxygen atoms in total. The highest BCUT2D eigenvalue weighted by molar-refractivity contribution is 9.15. The quantitative estimate of drug-likeness (QED) is 0.788. The Labute approximate surface area is 91.3 Å². The predicted octanol–water partition coefficient (Wildman–Crippen LogP) is 4.28. The zero-order chi connectivity index (χ0) is 10.0. The highest BCUT2D eigenvalue weighted by Gasteiger charge is 2.11. The Morgan fingerprint density at radius 1 is 1.62 bits per heavy atom. The second kappa shape index (κ2) is 4.20. The maximum Gasteiger partial charge on any atom is 0.0964 e. The molecular formula is C10H12BrNS. The number of aromatic nitrogens is 1. The third kappa shape index (κ3) is 2.29. The molecule has 0 aromatic carbocycles. The largest absolute Gasteiger partial charge is 0.240 e. The zero-order valence-electron chi connectivity index (χ0n) is 7.80. The van der Waals surface area contributed by atoms with E-state index in [2.05, 4.69) is 47.9 Å². The summed E-state index contributed by atoms with van der Waals surface area (Å²) in [6, 6.07) is 0. The molecule has 1 aromatic rings. The van der Waals surface area contributed by atoms with Gasteiger partial charge in [-0.1, -0.05) is 27.0 Å². The number of hydrogen-bond acceptors (Lipinski definition) is 2. The van der Waals surface area contributed by atoms with Gasteiger partial charge in [0.1, 0.15) is 0 Å². The Bertz CT molecular complexity index is 339. The minimum Gasteiger partial charge on any atom is -0.240 e. The molecule has 70 valence electrons. The summed E-state index contributed by atoms with van der Waals surface area (Å²) in [5.41, 5.74) is 0.920. The predicted molar refractivity (Wildman–Crippen MR) is 64.3 cm³/mol. The van der Waals surface area contributed by atoms with E-state index in [1.54, 1.807) is 11.3 Å². The SMILES string of the molecule is C=Cc1sc(C(C)C)nc1C(=C)Br. The molecule has 3 heteroatoms. The van der Waals surface area contributed by atoms with Crippen LogP contribution in [0.5, 0.6) is 0 Å². The van der Waals surface area contributed by atoms with Crippen LogP contribution in [0.1, 0.15) is 35.3 Å². The molecule has 0 spiro atoms. The van der Waals surface area contributed by atoms with Gasteiger partial charge in [0.2, 0.25) is 0 Å². The van der Waals surface area contributed by atoms with Gasteiger partial charge in [-0.05, 0) is 22.0 Å². The first-order chi connectivity index (χ1) is 6.06. The molecule has 1 aromatic heterocycles. The van der Waals surface area contributed by atoms with Crippen molar-refractivity contribution in [3.63, 3.8) is 0 Å². The molecule has 0 N–H and O–H groups in total. The average Bonchev–Trinajstić information content (AvgIpc) is 2.47. The highest BCUT2D eigenvalue weighted by atomic mass is 79.9. The van der Waals surface area contributed by atoms with Gasteiger partial charge in [0, 0.05) is 10.4 Å². The van der Waals surface area contributed by atoms with Crippen LogP contribution in [-0.4, -0.2) is 4.98 Å². The minimum absolute atomic E-state index is 0.462. The van der Waals surface area contributed by atoms with Gasteiger partial charge < -0.3 is 0 Å². The second-order valence-electron chi connectivity index (χ2n) is 3.03. The number of halogens is 1. The van der Waals surface area contributed by atoms with E-state index in [1.165, 1.54) is 0 Å². The Balaban J connectivity index is 3.19. The molecule has 0 atom stereocenters. The van der Waals surface area contributed by atoms with Crippen LogP contribution in [0.4, 0.5) is 0 Å². The minimum atomic E-state index is 0.462. The van der Waals surface area contributed by atoms with Crippen molar-refractivity contribution in [3.8, 4) is 0 Å². The van der Waals surface area contributed by atoms with Crippen LogP contribution >= 0.6 is 27.3 Å². The third-order valence-corrected chi connectivity index (χ3v) is 3.33. The Hall–Kier alpha value is -0.410. The van der Waals surface area contributed by atoms with Crippen LogP contribution in [0.25, 0.3) is 10.6 Å². The summed E-state index contributed by atoms with van der Waals surface area (Å²) in [7, 11) is 0. The molecule has 1 rings (SSSR count). The van der Waals surface area contributed by atoms with Crippen LogP contribution in [0.15, 0.2) is 13.2 Å². The average molecular weight is 258 g/mol. The maximum atomic E-state index is 4.48. The zero-order valence-corrected chi connectivity index (χ0v) is 10.2. The maximum absolute atomic E-state index is 4.48. The summed E-state index contributed by atoms with van der Waals surface area (Å²) in [5.74, 6) is 0.462. The van der Waals surface area contributed by atoms with Gasteiger partial charge in [-0.2, -0.15) is 0 Å². The summed E-state index contributed by atoms with van der Waals surface area (Å²) in [5, 5.41) is 1.13. The Morgan fingerprint density at radius 2 is 2.23 bits per heavy atom. The molecular weight excluding hydrogens is 246 g/mol. The van der Waals surface area contributed by atoms with Crippen molar-refractivity contribution >= 4 is 37.8 Å². The molecule has 0 aliphatic heterocycles.